The third-order valence-electron chi connectivity index (χ3n) is 3.91. The first-order valence-electron chi connectivity index (χ1n) is 7.67. The maximum atomic E-state index is 13.1. The molecule has 1 aromatic heterocycles. The molecule has 0 bridgehead atoms. The molecule has 0 aliphatic heterocycles. The summed E-state index contributed by atoms with van der Waals surface area (Å²) in [6, 6.07) is 10.4. The minimum absolute atomic E-state index is 0.0854. The van der Waals surface area contributed by atoms with Crippen molar-refractivity contribution in [2.24, 2.45) is 0 Å². The molecule has 2 N–H and O–H groups in total. The van der Waals surface area contributed by atoms with Crippen molar-refractivity contribution in [2.75, 3.05) is 0 Å². The van der Waals surface area contributed by atoms with Crippen LogP contribution >= 0.6 is 0 Å². The van der Waals surface area contributed by atoms with Gasteiger partial charge in [0.25, 0.3) is 0 Å². The Labute approximate surface area is 141 Å². The van der Waals surface area contributed by atoms with Gasteiger partial charge in [-0.3, -0.25) is 0 Å². The van der Waals surface area contributed by atoms with Crippen molar-refractivity contribution in [1.82, 2.24) is 15.0 Å². The van der Waals surface area contributed by atoms with Crippen LogP contribution in [0.15, 0.2) is 47.3 Å². The van der Waals surface area contributed by atoms with Crippen LogP contribution < -0.4 is 10.4 Å². The van der Waals surface area contributed by atoms with Gasteiger partial charge in [0, 0.05) is 5.56 Å². The van der Waals surface area contributed by atoms with E-state index in [1.165, 1.54) is 22.9 Å². The average molecular weight is 351 g/mol. The van der Waals surface area contributed by atoms with Crippen LogP contribution in [0.2, 0.25) is 0 Å². The Bertz CT molecular complexity index is 922. The molecule has 3 aromatic rings. The van der Waals surface area contributed by atoms with Gasteiger partial charge >= 0.3 is 11.9 Å². The minimum atomic E-state index is -4.50. The van der Waals surface area contributed by atoms with Crippen molar-refractivity contribution in [3.05, 3.63) is 69.6 Å². The Morgan fingerprint density at radius 3 is 2.48 bits per heavy atom. The number of para-hydroxylation sites is 1. The first-order chi connectivity index (χ1) is 11.9. The fraction of sp³-hybridized carbons (Fsp3) is 0.235. The highest BCUT2D eigenvalue weighted by Gasteiger charge is 2.34. The molecule has 0 saturated heterocycles. The van der Waals surface area contributed by atoms with Gasteiger partial charge in [-0.15, -0.1) is 0 Å². The van der Waals surface area contributed by atoms with Gasteiger partial charge in [-0.05, 0) is 30.2 Å². The predicted octanol–water partition coefficient (Wildman–Crippen LogP) is 3.65. The molecular formula is C17H16F3N3O2. The number of halogens is 3. The number of hydrogen-bond acceptors (Lipinski definition) is 2. The number of hydrogen-bond donors (Lipinski definition) is 2. The van der Waals surface area contributed by atoms with E-state index in [1.807, 2.05) is 13.0 Å². The van der Waals surface area contributed by atoms with E-state index in [2.05, 4.69) is 10.3 Å². The third kappa shape index (κ3) is 3.33. The van der Waals surface area contributed by atoms with E-state index in [0.29, 0.717) is 17.7 Å². The summed E-state index contributed by atoms with van der Waals surface area (Å²) in [7, 11) is 0. The zero-order valence-electron chi connectivity index (χ0n) is 13.4. The summed E-state index contributed by atoms with van der Waals surface area (Å²) < 4.78 is 46.0. The number of alkyl halides is 3. The minimum Gasteiger partial charge on any atom is -0.488 e. The van der Waals surface area contributed by atoms with Gasteiger partial charge in [-0.2, -0.15) is 17.9 Å². The Hall–Kier alpha value is -2.90. The van der Waals surface area contributed by atoms with Crippen molar-refractivity contribution < 1.29 is 17.9 Å². The Morgan fingerprint density at radius 1 is 1.12 bits per heavy atom. The smallest absolute Gasteiger partial charge is 0.419 e. The monoisotopic (exact) mass is 351 g/mol. The number of benzene rings is 2. The molecule has 0 aliphatic rings. The highest BCUT2D eigenvalue weighted by molar-refractivity contribution is 5.46. The van der Waals surface area contributed by atoms with E-state index >= 15 is 0 Å². The second-order valence-electron chi connectivity index (χ2n) is 5.43. The molecule has 0 aliphatic carbocycles. The molecule has 0 spiro atoms. The van der Waals surface area contributed by atoms with Gasteiger partial charge in [0.2, 0.25) is 0 Å². The second kappa shape index (κ2) is 6.54. The standard InChI is InChI=1S/C17H16F3N3O2/c1-2-11-6-5-8-14(23-16(24)21-22-23)12(11)10-25-15-9-4-3-7-13(15)17(18,19)20/h3-9,22H,2,10H2,1H3,(H,21,24). The van der Waals surface area contributed by atoms with Crippen LogP contribution in [0.3, 0.4) is 0 Å². The summed E-state index contributed by atoms with van der Waals surface area (Å²) in [5.74, 6) is -0.243. The van der Waals surface area contributed by atoms with Crippen LogP contribution in [0, 0.1) is 0 Å². The maximum Gasteiger partial charge on any atom is 0.419 e. The fourth-order valence-electron chi connectivity index (χ4n) is 2.63. The van der Waals surface area contributed by atoms with Crippen molar-refractivity contribution >= 4 is 0 Å². The molecule has 0 saturated carbocycles. The second-order valence-corrected chi connectivity index (χ2v) is 5.43. The number of H-pyrrole nitrogens is 2. The lowest BCUT2D eigenvalue weighted by atomic mass is 10.0. The largest absolute Gasteiger partial charge is 0.488 e. The molecule has 0 atom stereocenters. The lowest BCUT2D eigenvalue weighted by molar-refractivity contribution is -0.139. The van der Waals surface area contributed by atoms with Gasteiger partial charge in [0.15, 0.2) is 0 Å². The summed E-state index contributed by atoms with van der Waals surface area (Å²) in [5, 5.41) is 5.01. The number of ether oxygens (including phenoxy) is 1. The van der Waals surface area contributed by atoms with Crippen molar-refractivity contribution in [3.63, 3.8) is 0 Å². The van der Waals surface area contributed by atoms with E-state index < -0.39 is 11.7 Å². The molecule has 1 heterocycles. The molecule has 0 amide bonds. The Kier molecular flexibility index (Phi) is 4.43. The number of aromatic amines is 2. The molecular weight excluding hydrogens is 335 g/mol. The van der Waals surface area contributed by atoms with Crippen LogP contribution in [-0.2, 0) is 19.2 Å². The van der Waals surface area contributed by atoms with Crippen LogP contribution in [-0.4, -0.2) is 15.0 Å². The van der Waals surface area contributed by atoms with E-state index in [0.717, 1.165) is 11.6 Å². The predicted molar refractivity (Wildman–Crippen MR) is 85.9 cm³/mol. The number of nitrogens with zero attached hydrogens (tertiary/aromatic N) is 1. The number of aryl methyl sites for hydroxylation is 1. The zero-order valence-corrected chi connectivity index (χ0v) is 13.4. The lowest BCUT2D eigenvalue weighted by Gasteiger charge is -2.18. The quantitative estimate of drug-likeness (QED) is 0.737. The van der Waals surface area contributed by atoms with Crippen LogP contribution in [0.1, 0.15) is 23.6 Å². The third-order valence-corrected chi connectivity index (χ3v) is 3.91. The van der Waals surface area contributed by atoms with Crippen molar-refractivity contribution in [1.29, 1.82) is 0 Å². The zero-order chi connectivity index (χ0) is 18.0. The maximum absolute atomic E-state index is 13.1. The number of nitrogens with one attached hydrogen (secondary N) is 2. The highest BCUT2D eigenvalue weighted by Crippen LogP contribution is 2.36. The van der Waals surface area contributed by atoms with Gasteiger partial charge in [0.1, 0.15) is 12.4 Å². The summed E-state index contributed by atoms with van der Waals surface area (Å²) in [4.78, 5) is 11.6. The summed E-state index contributed by atoms with van der Waals surface area (Å²) in [6.45, 7) is 1.84. The SMILES string of the molecule is CCc1cccc(-n2[nH][nH]c2=O)c1COc1ccccc1C(F)(F)F. The molecule has 5 nitrogen and oxygen atoms in total. The normalized spacial score (nSPS) is 11.7. The first-order valence-corrected chi connectivity index (χ1v) is 7.67. The number of rotatable bonds is 5. The van der Waals surface area contributed by atoms with Crippen LogP contribution in [0.5, 0.6) is 5.75 Å². The lowest BCUT2D eigenvalue weighted by Crippen LogP contribution is -2.33. The van der Waals surface area contributed by atoms with Gasteiger partial charge in [-0.1, -0.05) is 31.2 Å². The topological polar surface area (TPSA) is 62.8 Å². The van der Waals surface area contributed by atoms with Gasteiger partial charge in [-0.25, -0.2) is 15.1 Å². The van der Waals surface area contributed by atoms with Crippen molar-refractivity contribution in [3.8, 4) is 11.4 Å². The summed E-state index contributed by atoms with van der Waals surface area (Å²) in [5.41, 5.74) is 0.927. The average Bonchev–Trinajstić information content (AvgIpc) is 2.58. The summed E-state index contributed by atoms with van der Waals surface area (Å²) >= 11 is 0. The molecule has 3 rings (SSSR count). The molecule has 8 heteroatoms. The van der Waals surface area contributed by atoms with Crippen LogP contribution in [0.4, 0.5) is 13.2 Å². The Balaban J connectivity index is 1.96. The molecule has 0 unspecified atom stereocenters. The Morgan fingerprint density at radius 2 is 1.88 bits per heavy atom. The van der Waals surface area contributed by atoms with E-state index in [4.69, 9.17) is 4.74 Å². The molecule has 0 radical (unpaired) electrons. The van der Waals surface area contributed by atoms with E-state index in [9.17, 15) is 18.0 Å². The van der Waals surface area contributed by atoms with E-state index in [-0.39, 0.29) is 18.0 Å². The molecule has 25 heavy (non-hydrogen) atoms. The highest BCUT2D eigenvalue weighted by atomic mass is 19.4. The van der Waals surface area contributed by atoms with Crippen molar-refractivity contribution in [2.45, 2.75) is 26.1 Å². The van der Waals surface area contributed by atoms with E-state index in [1.54, 1.807) is 12.1 Å². The molecule has 2 aromatic carbocycles. The van der Waals surface area contributed by atoms with Crippen LogP contribution in [0.25, 0.3) is 5.69 Å². The van der Waals surface area contributed by atoms with Gasteiger partial charge < -0.3 is 4.74 Å². The van der Waals surface area contributed by atoms with Gasteiger partial charge in [0.05, 0.1) is 11.3 Å². The number of aromatic nitrogens is 3. The molecule has 132 valence electrons. The molecule has 0 fully saturated rings. The first kappa shape index (κ1) is 16.9. The summed E-state index contributed by atoms with van der Waals surface area (Å²) in [6.07, 6.45) is -3.84. The fourth-order valence-corrected chi connectivity index (χ4v) is 2.63.